The van der Waals surface area contributed by atoms with Crippen LogP contribution in [0.15, 0.2) is 36.5 Å². The van der Waals surface area contributed by atoms with Gasteiger partial charge in [0.25, 0.3) is 0 Å². The summed E-state index contributed by atoms with van der Waals surface area (Å²) in [6.45, 7) is 2.06. The van der Waals surface area contributed by atoms with Gasteiger partial charge in [-0.1, -0.05) is 23.4 Å². The van der Waals surface area contributed by atoms with E-state index in [-0.39, 0.29) is 11.8 Å². The summed E-state index contributed by atoms with van der Waals surface area (Å²) in [6, 6.07) is 9.59. The van der Waals surface area contributed by atoms with E-state index < -0.39 is 0 Å². The highest BCUT2D eigenvalue weighted by atomic mass is 16.5. The van der Waals surface area contributed by atoms with Crippen molar-refractivity contribution < 1.29 is 9.53 Å². The van der Waals surface area contributed by atoms with Crippen LogP contribution in [0.25, 0.3) is 5.69 Å². The minimum absolute atomic E-state index is 0.0156. The number of aromatic nitrogens is 3. The van der Waals surface area contributed by atoms with E-state index in [4.69, 9.17) is 4.74 Å². The zero-order chi connectivity index (χ0) is 13.8. The van der Waals surface area contributed by atoms with Crippen LogP contribution in [0.3, 0.4) is 0 Å². The molecule has 0 radical (unpaired) electrons. The van der Waals surface area contributed by atoms with Crippen LogP contribution in [-0.2, 0) is 4.74 Å². The van der Waals surface area contributed by atoms with Crippen molar-refractivity contribution >= 4 is 5.78 Å². The molecule has 1 fully saturated rings. The molecule has 0 saturated carbocycles. The Labute approximate surface area is 116 Å². The minimum Gasteiger partial charge on any atom is -0.378 e. The third-order valence-electron chi connectivity index (χ3n) is 3.27. The van der Waals surface area contributed by atoms with Crippen LogP contribution < -0.4 is 5.32 Å². The average Bonchev–Trinajstić information content (AvgIpc) is 2.99. The van der Waals surface area contributed by atoms with Crippen LogP contribution in [0.4, 0.5) is 0 Å². The van der Waals surface area contributed by atoms with Gasteiger partial charge in [-0.15, -0.1) is 5.10 Å². The molecule has 1 N–H and O–H groups in total. The van der Waals surface area contributed by atoms with Crippen LogP contribution in [0.2, 0.25) is 0 Å². The summed E-state index contributed by atoms with van der Waals surface area (Å²) in [6.07, 6.45) is 1.90. The fourth-order valence-corrected chi connectivity index (χ4v) is 2.26. The second-order valence-electron chi connectivity index (χ2n) is 4.72. The monoisotopic (exact) mass is 272 g/mol. The largest absolute Gasteiger partial charge is 0.378 e. The maximum atomic E-state index is 12.4. The Hall–Kier alpha value is -2.05. The molecule has 1 unspecified atom stereocenters. The lowest BCUT2D eigenvalue weighted by Gasteiger charge is -2.23. The Morgan fingerprint density at radius 3 is 3.00 bits per heavy atom. The molecule has 2 aromatic rings. The third-order valence-corrected chi connectivity index (χ3v) is 3.27. The van der Waals surface area contributed by atoms with Crippen LogP contribution in [-0.4, -0.2) is 46.6 Å². The molecule has 1 aliphatic heterocycles. The second-order valence-corrected chi connectivity index (χ2v) is 4.72. The summed E-state index contributed by atoms with van der Waals surface area (Å²) < 4.78 is 6.94. The van der Waals surface area contributed by atoms with Gasteiger partial charge in [-0.2, -0.15) is 0 Å². The fourth-order valence-electron chi connectivity index (χ4n) is 2.26. The van der Waals surface area contributed by atoms with Crippen LogP contribution >= 0.6 is 0 Å². The predicted octanol–water partition coefficient (Wildman–Crippen LogP) is 0.828. The Kier molecular flexibility index (Phi) is 3.85. The lowest BCUT2D eigenvalue weighted by molar-refractivity contribution is 0.0673. The van der Waals surface area contributed by atoms with Gasteiger partial charge in [0.15, 0.2) is 5.78 Å². The summed E-state index contributed by atoms with van der Waals surface area (Å²) in [4.78, 5) is 12.4. The summed E-state index contributed by atoms with van der Waals surface area (Å²) in [5.41, 5.74) is 1.34. The molecule has 1 atom stereocenters. The van der Waals surface area contributed by atoms with Gasteiger partial charge in [-0.05, 0) is 12.1 Å². The number of para-hydroxylation sites is 1. The molecule has 6 heteroatoms. The van der Waals surface area contributed by atoms with E-state index in [0.717, 1.165) is 12.2 Å². The molecule has 3 rings (SSSR count). The average molecular weight is 272 g/mol. The van der Waals surface area contributed by atoms with Crippen molar-refractivity contribution in [3.63, 3.8) is 0 Å². The topological polar surface area (TPSA) is 69.0 Å². The standard InChI is InChI=1S/C14H16N4O2/c19-14(8-11-10-20-7-6-15-11)13-9-16-17-18(13)12-4-2-1-3-5-12/h1-5,9,11,15H,6-8,10H2. The zero-order valence-electron chi connectivity index (χ0n) is 11.0. The molecule has 0 bridgehead atoms. The first-order chi connectivity index (χ1) is 9.84. The van der Waals surface area contributed by atoms with Crippen molar-refractivity contribution in [1.82, 2.24) is 20.3 Å². The van der Waals surface area contributed by atoms with Crippen molar-refractivity contribution in [3.05, 3.63) is 42.2 Å². The molecule has 0 amide bonds. The maximum Gasteiger partial charge on any atom is 0.184 e. The Bertz CT molecular complexity index is 576. The van der Waals surface area contributed by atoms with Crippen LogP contribution in [0.1, 0.15) is 16.9 Å². The lowest BCUT2D eigenvalue weighted by atomic mass is 10.1. The Morgan fingerprint density at radius 1 is 1.40 bits per heavy atom. The maximum absolute atomic E-state index is 12.4. The molecule has 20 heavy (non-hydrogen) atoms. The SMILES string of the molecule is O=C(CC1COCCN1)c1cnnn1-c1ccccc1. The molecular weight excluding hydrogens is 256 g/mol. The second kappa shape index (κ2) is 5.94. The molecule has 1 aliphatic rings. The van der Waals surface area contributed by atoms with Gasteiger partial charge in [-0.3, -0.25) is 4.79 Å². The first kappa shape index (κ1) is 13.0. The first-order valence-corrected chi connectivity index (χ1v) is 6.65. The lowest BCUT2D eigenvalue weighted by Crippen LogP contribution is -2.42. The number of Topliss-reactive ketones (excluding diaryl/α,β-unsaturated/α-hetero) is 1. The zero-order valence-corrected chi connectivity index (χ0v) is 11.0. The molecule has 104 valence electrons. The van der Waals surface area contributed by atoms with E-state index >= 15 is 0 Å². The van der Waals surface area contributed by atoms with Gasteiger partial charge in [-0.25, -0.2) is 4.68 Å². The van der Waals surface area contributed by atoms with Crippen molar-refractivity contribution in [3.8, 4) is 5.69 Å². The van der Waals surface area contributed by atoms with Gasteiger partial charge < -0.3 is 10.1 Å². The molecule has 6 nitrogen and oxygen atoms in total. The van der Waals surface area contributed by atoms with Crippen LogP contribution in [0.5, 0.6) is 0 Å². The van der Waals surface area contributed by atoms with E-state index in [1.165, 1.54) is 6.20 Å². The highest BCUT2D eigenvalue weighted by molar-refractivity contribution is 5.95. The molecule has 2 heterocycles. The number of ketones is 1. The number of nitrogens with one attached hydrogen (secondary N) is 1. The van der Waals surface area contributed by atoms with E-state index in [0.29, 0.717) is 25.3 Å². The van der Waals surface area contributed by atoms with Crippen molar-refractivity contribution in [2.24, 2.45) is 0 Å². The summed E-state index contributed by atoms with van der Waals surface area (Å²) in [5.74, 6) is 0.0156. The number of hydrogen-bond donors (Lipinski definition) is 1. The number of morpholine rings is 1. The predicted molar refractivity (Wildman–Crippen MR) is 72.9 cm³/mol. The van der Waals surface area contributed by atoms with Gasteiger partial charge in [0.1, 0.15) is 5.69 Å². The van der Waals surface area contributed by atoms with Crippen molar-refractivity contribution in [1.29, 1.82) is 0 Å². The Morgan fingerprint density at radius 2 is 2.25 bits per heavy atom. The summed E-state index contributed by atoms with van der Waals surface area (Å²) in [5, 5.41) is 11.1. The summed E-state index contributed by atoms with van der Waals surface area (Å²) >= 11 is 0. The van der Waals surface area contributed by atoms with Crippen LogP contribution in [0, 0.1) is 0 Å². The first-order valence-electron chi connectivity index (χ1n) is 6.65. The van der Waals surface area contributed by atoms with E-state index in [1.807, 2.05) is 30.3 Å². The quantitative estimate of drug-likeness (QED) is 0.835. The fraction of sp³-hybridized carbons (Fsp3) is 0.357. The number of ether oxygens (including phenoxy) is 1. The van der Waals surface area contributed by atoms with E-state index in [2.05, 4.69) is 15.6 Å². The van der Waals surface area contributed by atoms with Gasteiger partial charge in [0.05, 0.1) is 25.1 Å². The molecule has 1 aromatic heterocycles. The number of nitrogens with zero attached hydrogens (tertiary/aromatic N) is 3. The molecule has 1 saturated heterocycles. The molecular formula is C14H16N4O2. The minimum atomic E-state index is 0.0156. The smallest absolute Gasteiger partial charge is 0.184 e. The normalized spacial score (nSPS) is 18.9. The number of carbonyl (C=O) groups excluding carboxylic acids is 1. The number of carbonyl (C=O) groups is 1. The molecule has 1 aromatic carbocycles. The Balaban J connectivity index is 1.77. The van der Waals surface area contributed by atoms with E-state index in [1.54, 1.807) is 4.68 Å². The highest BCUT2D eigenvalue weighted by Gasteiger charge is 2.21. The van der Waals surface area contributed by atoms with Gasteiger partial charge in [0.2, 0.25) is 0 Å². The van der Waals surface area contributed by atoms with Gasteiger partial charge in [0, 0.05) is 19.0 Å². The third kappa shape index (κ3) is 2.76. The number of benzene rings is 1. The van der Waals surface area contributed by atoms with Crippen molar-refractivity contribution in [2.75, 3.05) is 19.8 Å². The van der Waals surface area contributed by atoms with Crippen molar-refractivity contribution in [2.45, 2.75) is 12.5 Å². The van der Waals surface area contributed by atoms with Gasteiger partial charge >= 0.3 is 0 Å². The molecule has 0 spiro atoms. The van der Waals surface area contributed by atoms with E-state index in [9.17, 15) is 4.79 Å². The molecule has 0 aliphatic carbocycles. The summed E-state index contributed by atoms with van der Waals surface area (Å²) in [7, 11) is 0. The number of rotatable bonds is 4. The highest BCUT2D eigenvalue weighted by Crippen LogP contribution is 2.12. The number of hydrogen-bond acceptors (Lipinski definition) is 5.